The van der Waals surface area contributed by atoms with Gasteiger partial charge in [0.05, 0.1) is 8.81 Å². The highest BCUT2D eigenvalue weighted by molar-refractivity contribution is 9.11. The lowest BCUT2D eigenvalue weighted by Crippen LogP contribution is -2.32. The Morgan fingerprint density at radius 1 is 1.56 bits per heavy atom. The lowest BCUT2D eigenvalue weighted by molar-refractivity contribution is 0.450. The third kappa shape index (κ3) is 3.20. The molecule has 1 rings (SSSR count). The number of alkyl halides is 1. The fraction of sp³-hybridized carbons (Fsp3) is 0.500. The molecule has 16 heavy (non-hydrogen) atoms. The molecular weight excluding hydrogens is 401 g/mol. The maximum Gasteiger partial charge on any atom is 0.252 e. The zero-order valence-electron chi connectivity index (χ0n) is 8.41. The van der Waals surface area contributed by atoms with Crippen molar-refractivity contribution in [1.29, 1.82) is 0 Å². The first kappa shape index (κ1) is 14.9. The Morgan fingerprint density at radius 3 is 2.56 bits per heavy atom. The normalized spacial score (nSPS) is 12.3. The zero-order chi connectivity index (χ0) is 12.3. The van der Waals surface area contributed by atoms with Crippen LogP contribution < -0.4 is 0 Å². The van der Waals surface area contributed by atoms with Gasteiger partial charge in [0.25, 0.3) is 10.0 Å². The monoisotopic (exact) mass is 409 g/mol. The summed E-state index contributed by atoms with van der Waals surface area (Å²) in [6.07, 6.45) is 0. The lowest BCUT2D eigenvalue weighted by Gasteiger charge is -2.17. The van der Waals surface area contributed by atoms with E-state index in [-0.39, 0.29) is 4.21 Å². The summed E-state index contributed by atoms with van der Waals surface area (Å²) in [5.74, 6) is 0. The van der Waals surface area contributed by atoms with Gasteiger partial charge in [-0.1, -0.05) is 34.5 Å². The molecule has 1 aromatic heterocycles. The molecular formula is C8H10Br2ClNO2S2. The number of sulfonamides is 1. The van der Waals surface area contributed by atoms with Crippen LogP contribution in [0, 0.1) is 0 Å². The highest BCUT2D eigenvalue weighted by Crippen LogP contribution is 2.35. The largest absolute Gasteiger partial charge is 0.252 e. The molecule has 0 aromatic carbocycles. The summed E-state index contributed by atoms with van der Waals surface area (Å²) in [7, 11) is -3.41. The Kier molecular flexibility index (Phi) is 5.74. The summed E-state index contributed by atoms with van der Waals surface area (Å²) < 4.78 is 26.6. The van der Waals surface area contributed by atoms with Gasteiger partial charge in [-0.3, -0.25) is 0 Å². The van der Waals surface area contributed by atoms with Gasteiger partial charge in [0.15, 0.2) is 0 Å². The van der Waals surface area contributed by atoms with E-state index in [4.69, 9.17) is 11.6 Å². The van der Waals surface area contributed by atoms with E-state index in [1.807, 2.05) is 6.92 Å². The topological polar surface area (TPSA) is 37.4 Å². The molecule has 0 radical (unpaired) electrons. The molecule has 0 aliphatic carbocycles. The minimum absolute atomic E-state index is 0.271. The number of hydrogen-bond acceptors (Lipinski definition) is 3. The molecule has 1 heterocycles. The average molecular weight is 412 g/mol. The quantitative estimate of drug-likeness (QED) is 0.695. The molecule has 0 unspecified atom stereocenters. The van der Waals surface area contributed by atoms with Crippen molar-refractivity contribution >= 4 is 64.8 Å². The second kappa shape index (κ2) is 6.15. The van der Waals surface area contributed by atoms with Crippen LogP contribution in [-0.4, -0.2) is 31.1 Å². The second-order valence-electron chi connectivity index (χ2n) is 2.87. The van der Waals surface area contributed by atoms with Crippen LogP contribution in [0.4, 0.5) is 0 Å². The van der Waals surface area contributed by atoms with Crippen LogP contribution in [0.25, 0.3) is 0 Å². The first-order chi connectivity index (χ1) is 7.43. The summed E-state index contributed by atoms with van der Waals surface area (Å²) >= 11 is 13.4. The van der Waals surface area contributed by atoms with Crippen LogP contribution in [-0.2, 0) is 10.0 Å². The number of thiophene rings is 1. The van der Waals surface area contributed by atoms with E-state index in [0.29, 0.717) is 27.2 Å². The predicted molar refractivity (Wildman–Crippen MR) is 75.3 cm³/mol. The van der Waals surface area contributed by atoms with Crippen LogP contribution in [0.15, 0.2) is 14.1 Å². The Balaban J connectivity index is 3.09. The third-order valence-corrected chi connectivity index (χ3v) is 7.16. The van der Waals surface area contributed by atoms with Gasteiger partial charge in [0.1, 0.15) is 4.21 Å². The van der Waals surface area contributed by atoms with E-state index >= 15 is 0 Å². The molecule has 0 N–H and O–H groups in total. The maximum atomic E-state index is 12.2. The van der Waals surface area contributed by atoms with Crippen LogP contribution in [0.3, 0.4) is 0 Å². The van der Waals surface area contributed by atoms with Crippen molar-refractivity contribution < 1.29 is 8.42 Å². The van der Waals surface area contributed by atoms with Crippen molar-refractivity contribution in [2.75, 3.05) is 18.4 Å². The average Bonchev–Trinajstić information content (AvgIpc) is 2.56. The van der Waals surface area contributed by atoms with Crippen LogP contribution in [0.1, 0.15) is 6.92 Å². The Bertz CT molecular complexity index is 441. The highest BCUT2D eigenvalue weighted by atomic mass is 79.9. The fourth-order valence-electron chi connectivity index (χ4n) is 1.12. The third-order valence-electron chi connectivity index (χ3n) is 1.90. The van der Waals surface area contributed by atoms with Gasteiger partial charge in [-0.2, -0.15) is 4.31 Å². The SMILES string of the molecule is CCN(CCBr)S(=O)(=O)c1cc(Cl)c(Br)s1. The van der Waals surface area contributed by atoms with E-state index in [9.17, 15) is 8.42 Å². The minimum atomic E-state index is -3.41. The predicted octanol–water partition coefficient (Wildman–Crippen LogP) is 3.57. The summed E-state index contributed by atoms with van der Waals surface area (Å²) in [5.41, 5.74) is 0. The van der Waals surface area contributed by atoms with Gasteiger partial charge in [0.2, 0.25) is 0 Å². The van der Waals surface area contributed by atoms with Crippen molar-refractivity contribution in [2.24, 2.45) is 0 Å². The van der Waals surface area contributed by atoms with Crippen LogP contribution in [0.5, 0.6) is 0 Å². The van der Waals surface area contributed by atoms with Gasteiger partial charge in [0, 0.05) is 18.4 Å². The number of rotatable bonds is 5. The van der Waals surface area contributed by atoms with E-state index in [2.05, 4.69) is 31.9 Å². The van der Waals surface area contributed by atoms with Crippen LogP contribution >= 0.6 is 54.8 Å². The van der Waals surface area contributed by atoms with Gasteiger partial charge in [-0.25, -0.2) is 8.42 Å². The maximum absolute atomic E-state index is 12.2. The van der Waals surface area contributed by atoms with Crippen molar-refractivity contribution in [3.05, 3.63) is 14.9 Å². The molecule has 92 valence electrons. The summed E-state index contributed by atoms with van der Waals surface area (Å²) in [5, 5.41) is 1.04. The van der Waals surface area contributed by atoms with Gasteiger partial charge in [-0.05, 0) is 22.0 Å². The Morgan fingerprint density at radius 2 is 2.19 bits per heavy atom. The van der Waals surface area contributed by atoms with Gasteiger partial charge >= 0.3 is 0 Å². The van der Waals surface area contributed by atoms with Crippen molar-refractivity contribution in [3.8, 4) is 0 Å². The van der Waals surface area contributed by atoms with E-state index in [1.54, 1.807) is 0 Å². The Labute approximate surface area is 121 Å². The van der Waals surface area contributed by atoms with Gasteiger partial charge < -0.3 is 0 Å². The second-order valence-corrected chi connectivity index (χ2v) is 8.61. The Hall–Kier alpha value is 0.860. The molecule has 0 saturated carbocycles. The van der Waals surface area contributed by atoms with Crippen molar-refractivity contribution in [3.63, 3.8) is 0 Å². The number of halogens is 3. The summed E-state index contributed by atoms with van der Waals surface area (Å²) in [6.45, 7) is 2.71. The van der Waals surface area contributed by atoms with Crippen molar-refractivity contribution in [2.45, 2.75) is 11.1 Å². The standard InChI is InChI=1S/C8H10Br2ClNO2S2/c1-2-12(4-3-9)16(13,14)7-5-6(11)8(10)15-7/h5H,2-4H2,1H3. The molecule has 0 saturated heterocycles. The summed E-state index contributed by atoms with van der Waals surface area (Å²) in [6, 6.07) is 1.47. The fourth-order valence-corrected chi connectivity index (χ4v) is 5.79. The molecule has 0 atom stereocenters. The smallest absolute Gasteiger partial charge is 0.206 e. The van der Waals surface area contributed by atoms with E-state index < -0.39 is 10.0 Å². The van der Waals surface area contributed by atoms with E-state index in [0.717, 1.165) is 11.3 Å². The zero-order valence-corrected chi connectivity index (χ0v) is 14.0. The molecule has 0 bridgehead atoms. The summed E-state index contributed by atoms with van der Waals surface area (Å²) in [4.78, 5) is 0. The molecule has 0 aliphatic rings. The molecule has 1 aromatic rings. The molecule has 8 heteroatoms. The van der Waals surface area contributed by atoms with Gasteiger partial charge in [-0.15, -0.1) is 11.3 Å². The molecule has 0 fully saturated rings. The highest BCUT2D eigenvalue weighted by Gasteiger charge is 2.25. The molecule has 0 amide bonds. The number of nitrogens with zero attached hydrogens (tertiary/aromatic N) is 1. The molecule has 0 spiro atoms. The van der Waals surface area contributed by atoms with E-state index in [1.165, 1.54) is 10.4 Å². The molecule has 0 aliphatic heterocycles. The van der Waals surface area contributed by atoms with Crippen LogP contribution in [0.2, 0.25) is 5.02 Å². The minimum Gasteiger partial charge on any atom is -0.206 e. The van der Waals surface area contributed by atoms with Crippen molar-refractivity contribution in [1.82, 2.24) is 4.31 Å². The lowest BCUT2D eigenvalue weighted by atomic mass is 10.7. The first-order valence-electron chi connectivity index (χ1n) is 4.44. The number of hydrogen-bond donors (Lipinski definition) is 0. The molecule has 3 nitrogen and oxygen atoms in total. The first-order valence-corrected chi connectivity index (χ1v) is 8.99.